The molecule has 0 aliphatic carbocycles. The standard InChI is InChI=1S/C13H24N2O3S/c1-18-12(16)11(7-10-19-2)14-13(17)15-8-5-3-4-6-9-15/h11H,3-10H2,1-2H3,(H,14,17)/t11-/m0/s1. The average molecular weight is 288 g/mol. The van der Waals surface area contributed by atoms with E-state index in [1.54, 1.807) is 11.8 Å². The largest absolute Gasteiger partial charge is 0.467 e. The fourth-order valence-corrected chi connectivity index (χ4v) is 2.61. The number of nitrogens with one attached hydrogen (secondary N) is 1. The monoisotopic (exact) mass is 288 g/mol. The van der Waals surface area contributed by atoms with Gasteiger partial charge in [0, 0.05) is 13.1 Å². The van der Waals surface area contributed by atoms with Crippen LogP contribution in [0.3, 0.4) is 0 Å². The summed E-state index contributed by atoms with van der Waals surface area (Å²) in [5.41, 5.74) is 0. The highest BCUT2D eigenvalue weighted by molar-refractivity contribution is 7.98. The summed E-state index contributed by atoms with van der Waals surface area (Å²) in [5, 5.41) is 2.80. The van der Waals surface area contributed by atoms with Crippen molar-refractivity contribution < 1.29 is 14.3 Å². The number of ether oxygens (including phenoxy) is 1. The molecule has 6 heteroatoms. The van der Waals surface area contributed by atoms with Crippen molar-refractivity contribution in [2.45, 2.75) is 38.1 Å². The van der Waals surface area contributed by atoms with Crippen molar-refractivity contribution in [3.05, 3.63) is 0 Å². The highest BCUT2D eigenvalue weighted by Crippen LogP contribution is 2.10. The molecule has 1 aliphatic rings. The number of nitrogens with zero attached hydrogens (tertiary/aromatic N) is 1. The van der Waals surface area contributed by atoms with Crippen molar-refractivity contribution in [2.75, 3.05) is 32.2 Å². The van der Waals surface area contributed by atoms with Gasteiger partial charge in [0.1, 0.15) is 6.04 Å². The minimum Gasteiger partial charge on any atom is -0.467 e. The van der Waals surface area contributed by atoms with Crippen LogP contribution < -0.4 is 5.32 Å². The van der Waals surface area contributed by atoms with Gasteiger partial charge < -0.3 is 15.0 Å². The maximum atomic E-state index is 12.1. The van der Waals surface area contributed by atoms with Crippen LogP contribution in [0.15, 0.2) is 0 Å². The van der Waals surface area contributed by atoms with Gasteiger partial charge in [-0.05, 0) is 31.3 Å². The van der Waals surface area contributed by atoms with Crippen LogP contribution in [0, 0.1) is 0 Å². The van der Waals surface area contributed by atoms with E-state index < -0.39 is 6.04 Å². The smallest absolute Gasteiger partial charge is 0.328 e. The van der Waals surface area contributed by atoms with Crippen molar-refractivity contribution in [3.63, 3.8) is 0 Å². The summed E-state index contributed by atoms with van der Waals surface area (Å²) in [7, 11) is 1.35. The molecule has 1 aliphatic heterocycles. The molecule has 0 aromatic carbocycles. The first-order valence-corrected chi connectivity index (χ1v) is 8.20. The van der Waals surface area contributed by atoms with Crippen LogP contribution in [0.4, 0.5) is 4.79 Å². The minimum absolute atomic E-state index is 0.140. The third-order valence-electron chi connectivity index (χ3n) is 3.29. The van der Waals surface area contributed by atoms with Crippen molar-refractivity contribution in [1.82, 2.24) is 10.2 Å². The molecule has 1 rings (SSSR count). The predicted octanol–water partition coefficient (Wildman–Crippen LogP) is 1.87. The Labute approximate surface area is 119 Å². The first kappa shape index (κ1) is 16.1. The fraction of sp³-hybridized carbons (Fsp3) is 0.846. The molecule has 110 valence electrons. The molecule has 1 N–H and O–H groups in total. The Bertz CT molecular complexity index is 292. The zero-order valence-electron chi connectivity index (χ0n) is 11.8. The number of thioether (sulfide) groups is 1. The molecule has 0 spiro atoms. The zero-order valence-corrected chi connectivity index (χ0v) is 12.6. The van der Waals surface area contributed by atoms with Gasteiger partial charge in [-0.15, -0.1) is 0 Å². The number of rotatable bonds is 5. The van der Waals surface area contributed by atoms with Gasteiger partial charge in [0.05, 0.1) is 7.11 Å². The van der Waals surface area contributed by atoms with Gasteiger partial charge >= 0.3 is 12.0 Å². The van der Waals surface area contributed by atoms with Crippen molar-refractivity contribution >= 4 is 23.8 Å². The number of hydrogen-bond acceptors (Lipinski definition) is 4. The number of esters is 1. The Kier molecular flexibility index (Phi) is 7.70. The van der Waals surface area contributed by atoms with Crippen molar-refractivity contribution in [1.29, 1.82) is 0 Å². The van der Waals surface area contributed by atoms with Gasteiger partial charge in [-0.25, -0.2) is 9.59 Å². The van der Waals surface area contributed by atoms with Gasteiger partial charge in [-0.1, -0.05) is 12.8 Å². The molecule has 1 heterocycles. The Morgan fingerprint density at radius 1 is 1.26 bits per heavy atom. The summed E-state index contributed by atoms with van der Waals surface area (Å²) < 4.78 is 4.74. The molecule has 0 aromatic heterocycles. The summed E-state index contributed by atoms with van der Waals surface area (Å²) in [6, 6.07) is -0.674. The van der Waals surface area contributed by atoms with E-state index >= 15 is 0 Å². The summed E-state index contributed by atoms with van der Waals surface area (Å²) >= 11 is 1.65. The molecule has 0 saturated carbocycles. The molecular weight excluding hydrogens is 264 g/mol. The number of urea groups is 1. The second kappa shape index (κ2) is 9.07. The normalized spacial score (nSPS) is 17.5. The molecule has 0 bridgehead atoms. The third kappa shape index (κ3) is 5.72. The summed E-state index contributed by atoms with van der Waals surface area (Å²) in [6.45, 7) is 1.56. The maximum Gasteiger partial charge on any atom is 0.328 e. The fourth-order valence-electron chi connectivity index (χ4n) is 2.14. The van der Waals surface area contributed by atoms with Crippen LogP contribution in [0.2, 0.25) is 0 Å². The molecule has 0 aromatic rings. The van der Waals surface area contributed by atoms with Crippen molar-refractivity contribution in [3.8, 4) is 0 Å². The van der Waals surface area contributed by atoms with Gasteiger partial charge in [-0.2, -0.15) is 11.8 Å². The van der Waals surface area contributed by atoms with Crippen LogP contribution >= 0.6 is 11.8 Å². The molecule has 19 heavy (non-hydrogen) atoms. The minimum atomic E-state index is -0.534. The highest BCUT2D eigenvalue weighted by Gasteiger charge is 2.24. The molecular formula is C13H24N2O3S. The van der Waals surface area contributed by atoms with E-state index in [2.05, 4.69) is 5.32 Å². The van der Waals surface area contributed by atoms with Gasteiger partial charge in [0.15, 0.2) is 0 Å². The zero-order chi connectivity index (χ0) is 14.1. The molecule has 1 atom stereocenters. The lowest BCUT2D eigenvalue weighted by Crippen LogP contribution is -2.48. The van der Waals surface area contributed by atoms with E-state index in [0.29, 0.717) is 6.42 Å². The number of likely N-dealkylation sites (tertiary alicyclic amines) is 1. The molecule has 0 radical (unpaired) electrons. The van der Waals surface area contributed by atoms with E-state index in [-0.39, 0.29) is 12.0 Å². The number of carbonyl (C=O) groups is 2. The second-order valence-electron chi connectivity index (χ2n) is 4.71. The van der Waals surface area contributed by atoms with E-state index in [1.165, 1.54) is 20.0 Å². The maximum absolute atomic E-state index is 12.1. The molecule has 1 fully saturated rings. The molecule has 0 unspecified atom stereocenters. The number of hydrogen-bond donors (Lipinski definition) is 1. The van der Waals surface area contributed by atoms with Crippen LogP contribution in [0.5, 0.6) is 0 Å². The second-order valence-corrected chi connectivity index (χ2v) is 5.69. The summed E-state index contributed by atoms with van der Waals surface area (Å²) in [4.78, 5) is 25.6. The van der Waals surface area contributed by atoms with E-state index in [9.17, 15) is 9.59 Å². The van der Waals surface area contributed by atoms with Crippen LogP contribution in [0.1, 0.15) is 32.1 Å². The number of amides is 2. The summed E-state index contributed by atoms with van der Waals surface area (Å²) in [6.07, 6.45) is 7.02. The van der Waals surface area contributed by atoms with Gasteiger partial charge in [0.25, 0.3) is 0 Å². The van der Waals surface area contributed by atoms with Crippen LogP contribution in [-0.2, 0) is 9.53 Å². The highest BCUT2D eigenvalue weighted by atomic mass is 32.2. The van der Waals surface area contributed by atoms with Crippen LogP contribution in [0.25, 0.3) is 0 Å². The quantitative estimate of drug-likeness (QED) is 0.785. The summed E-state index contributed by atoms with van der Waals surface area (Å²) in [5.74, 6) is 0.456. The van der Waals surface area contributed by atoms with E-state index in [0.717, 1.165) is 31.7 Å². The lowest BCUT2D eigenvalue weighted by atomic mass is 10.2. The van der Waals surface area contributed by atoms with Crippen LogP contribution in [-0.4, -0.2) is 55.2 Å². The molecule has 2 amide bonds. The SMILES string of the molecule is COC(=O)[C@H](CCSC)NC(=O)N1CCCCCC1. The Balaban J connectivity index is 2.50. The molecule has 1 saturated heterocycles. The average Bonchev–Trinajstić information content (AvgIpc) is 2.71. The van der Waals surface area contributed by atoms with E-state index in [1.807, 2.05) is 11.2 Å². The van der Waals surface area contributed by atoms with Gasteiger partial charge in [-0.3, -0.25) is 0 Å². The number of carbonyl (C=O) groups excluding carboxylic acids is 2. The number of methoxy groups -OCH3 is 1. The predicted molar refractivity (Wildman–Crippen MR) is 77.4 cm³/mol. The van der Waals surface area contributed by atoms with Crippen molar-refractivity contribution in [2.24, 2.45) is 0 Å². The molecule has 5 nitrogen and oxygen atoms in total. The topological polar surface area (TPSA) is 58.6 Å². The Hall–Kier alpha value is -0.910. The first-order valence-electron chi connectivity index (χ1n) is 6.81. The lowest BCUT2D eigenvalue weighted by molar-refractivity contribution is -0.142. The Morgan fingerprint density at radius 3 is 2.42 bits per heavy atom. The Morgan fingerprint density at radius 2 is 1.89 bits per heavy atom. The van der Waals surface area contributed by atoms with E-state index in [4.69, 9.17) is 4.74 Å². The lowest BCUT2D eigenvalue weighted by Gasteiger charge is -2.24. The van der Waals surface area contributed by atoms with Gasteiger partial charge in [0.2, 0.25) is 0 Å². The third-order valence-corrected chi connectivity index (χ3v) is 3.93. The first-order chi connectivity index (χ1) is 9.19.